The van der Waals surface area contributed by atoms with E-state index < -0.39 is 0 Å². The predicted molar refractivity (Wildman–Crippen MR) is 66.1 cm³/mol. The monoisotopic (exact) mass is 254 g/mol. The van der Waals surface area contributed by atoms with Crippen LogP contribution in [-0.4, -0.2) is 34.4 Å². The van der Waals surface area contributed by atoms with Crippen LogP contribution in [0, 0.1) is 0 Å². The molecule has 0 spiro atoms. The first-order chi connectivity index (χ1) is 8.47. The van der Waals surface area contributed by atoms with Gasteiger partial charge in [0.25, 0.3) is 0 Å². The molecule has 2 N–H and O–H groups in total. The van der Waals surface area contributed by atoms with Crippen molar-refractivity contribution >= 4 is 17.7 Å². The number of carbonyl (C=O) groups is 2. The van der Waals surface area contributed by atoms with E-state index >= 15 is 0 Å². The molecule has 0 aliphatic heterocycles. The van der Waals surface area contributed by atoms with E-state index in [2.05, 4.69) is 15.7 Å². The van der Waals surface area contributed by atoms with Crippen LogP contribution in [0.5, 0.6) is 0 Å². The summed E-state index contributed by atoms with van der Waals surface area (Å²) in [4.78, 5) is 22.6. The highest BCUT2D eigenvalue weighted by atomic mass is 16.5. The second kappa shape index (κ2) is 6.63. The van der Waals surface area contributed by atoms with Crippen LogP contribution in [0.1, 0.15) is 20.3 Å². The van der Waals surface area contributed by atoms with Gasteiger partial charge in [-0.1, -0.05) is 0 Å². The number of urea groups is 1. The normalized spacial score (nSPS) is 10.2. The molecule has 1 aromatic rings. The molecule has 100 valence electrons. The summed E-state index contributed by atoms with van der Waals surface area (Å²) in [5.41, 5.74) is 0.597. The van der Waals surface area contributed by atoms with E-state index in [1.165, 1.54) is 6.20 Å². The van der Waals surface area contributed by atoms with Crippen molar-refractivity contribution in [2.75, 3.05) is 11.9 Å². The van der Waals surface area contributed by atoms with E-state index in [0.29, 0.717) is 5.69 Å². The lowest BCUT2D eigenvalue weighted by Crippen LogP contribution is -2.31. The van der Waals surface area contributed by atoms with Gasteiger partial charge in [0.1, 0.15) is 0 Å². The fraction of sp³-hybridized carbons (Fsp3) is 0.545. The molecular weight excluding hydrogens is 236 g/mol. The van der Waals surface area contributed by atoms with Gasteiger partial charge in [-0.05, 0) is 13.8 Å². The number of hydrogen-bond donors (Lipinski definition) is 2. The van der Waals surface area contributed by atoms with Crippen LogP contribution in [0.4, 0.5) is 10.5 Å². The maximum Gasteiger partial charge on any atom is 0.319 e. The van der Waals surface area contributed by atoms with E-state index in [0.717, 1.165) is 0 Å². The fourth-order valence-corrected chi connectivity index (χ4v) is 1.26. The average molecular weight is 254 g/mol. The minimum absolute atomic E-state index is 0.137. The Balaban J connectivity index is 2.19. The first-order valence-electron chi connectivity index (χ1n) is 5.70. The quantitative estimate of drug-likeness (QED) is 0.764. The highest BCUT2D eigenvalue weighted by Gasteiger charge is 2.07. The van der Waals surface area contributed by atoms with Crippen molar-refractivity contribution in [3.8, 4) is 0 Å². The van der Waals surface area contributed by atoms with Crippen LogP contribution in [-0.2, 0) is 16.6 Å². The molecule has 0 aliphatic carbocycles. The van der Waals surface area contributed by atoms with E-state index in [1.807, 2.05) is 0 Å². The molecule has 1 aromatic heterocycles. The third-order valence-corrected chi connectivity index (χ3v) is 1.94. The van der Waals surface area contributed by atoms with Gasteiger partial charge in [-0.25, -0.2) is 4.79 Å². The molecule has 7 nitrogen and oxygen atoms in total. The van der Waals surface area contributed by atoms with Gasteiger partial charge in [-0.3, -0.25) is 9.48 Å². The van der Waals surface area contributed by atoms with E-state index in [4.69, 9.17) is 4.74 Å². The second-order valence-corrected chi connectivity index (χ2v) is 4.07. The number of esters is 1. The Hall–Kier alpha value is -2.05. The van der Waals surface area contributed by atoms with Gasteiger partial charge >= 0.3 is 12.0 Å². The first kappa shape index (κ1) is 14.0. The van der Waals surface area contributed by atoms with Crippen LogP contribution >= 0.6 is 0 Å². The Kier molecular flexibility index (Phi) is 5.16. The fourth-order valence-electron chi connectivity index (χ4n) is 1.26. The van der Waals surface area contributed by atoms with E-state index in [-0.39, 0.29) is 31.1 Å². The van der Waals surface area contributed by atoms with Gasteiger partial charge in [-0.2, -0.15) is 5.10 Å². The maximum atomic E-state index is 11.4. The molecule has 0 atom stereocenters. The number of aryl methyl sites for hydroxylation is 1. The summed E-state index contributed by atoms with van der Waals surface area (Å²) < 4.78 is 6.51. The molecule has 0 unspecified atom stereocenters. The number of nitrogens with zero attached hydrogens (tertiary/aromatic N) is 2. The van der Waals surface area contributed by atoms with E-state index in [9.17, 15) is 9.59 Å². The molecule has 0 saturated carbocycles. The van der Waals surface area contributed by atoms with Gasteiger partial charge in [0.2, 0.25) is 0 Å². The Labute approximate surface area is 105 Å². The summed E-state index contributed by atoms with van der Waals surface area (Å²) in [6, 6.07) is -0.375. The van der Waals surface area contributed by atoms with Gasteiger partial charge in [-0.15, -0.1) is 0 Å². The number of aromatic nitrogens is 2. The topological polar surface area (TPSA) is 85.2 Å². The zero-order chi connectivity index (χ0) is 13.5. The number of amides is 2. The number of hydrogen-bond acceptors (Lipinski definition) is 4. The van der Waals surface area contributed by atoms with Crippen LogP contribution in [0.3, 0.4) is 0 Å². The molecule has 18 heavy (non-hydrogen) atoms. The SMILES string of the molecule is CC(C)OC(=O)CCNC(=O)Nc1cnn(C)c1. The number of rotatable bonds is 5. The number of ether oxygens (including phenoxy) is 1. The highest BCUT2D eigenvalue weighted by molar-refractivity contribution is 5.89. The summed E-state index contributed by atoms with van der Waals surface area (Å²) in [5, 5.41) is 9.06. The highest BCUT2D eigenvalue weighted by Crippen LogP contribution is 2.02. The lowest BCUT2D eigenvalue weighted by molar-refractivity contribution is -0.147. The van der Waals surface area contributed by atoms with Crippen molar-refractivity contribution in [2.45, 2.75) is 26.4 Å². The molecule has 0 radical (unpaired) electrons. The minimum Gasteiger partial charge on any atom is -0.463 e. The lowest BCUT2D eigenvalue weighted by Gasteiger charge is -2.08. The zero-order valence-corrected chi connectivity index (χ0v) is 10.8. The summed E-state index contributed by atoms with van der Waals surface area (Å²) in [6.45, 7) is 3.79. The maximum absolute atomic E-state index is 11.4. The van der Waals surface area contributed by atoms with Crippen LogP contribution in [0.15, 0.2) is 12.4 Å². The Bertz CT molecular complexity index is 414. The number of nitrogens with one attached hydrogen (secondary N) is 2. The van der Waals surface area contributed by atoms with Crippen LogP contribution in [0.25, 0.3) is 0 Å². The van der Waals surface area contributed by atoms with Gasteiger partial charge < -0.3 is 15.4 Å². The summed E-state index contributed by atoms with van der Waals surface area (Å²) in [7, 11) is 1.75. The van der Waals surface area contributed by atoms with Crippen molar-refractivity contribution in [3.63, 3.8) is 0 Å². The lowest BCUT2D eigenvalue weighted by atomic mass is 10.4. The Morgan fingerprint density at radius 2 is 2.22 bits per heavy atom. The molecule has 7 heteroatoms. The van der Waals surface area contributed by atoms with Crippen molar-refractivity contribution < 1.29 is 14.3 Å². The zero-order valence-electron chi connectivity index (χ0n) is 10.8. The minimum atomic E-state index is -0.375. The van der Waals surface area contributed by atoms with Crippen molar-refractivity contribution in [1.82, 2.24) is 15.1 Å². The second-order valence-electron chi connectivity index (χ2n) is 4.07. The van der Waals surface area contributed by atoms with Crippen molar-refractivity contribution in [3.05, 3.63) is 12.4 Å². The molecule has 0 aliphatic rings. The van der Waals surface area contributed by atoms with Gasteiger partial charge in [0.15, 0.2) is 0 Å². The molecule has 1 heterocycles. The molecule has 2 amide bonds. The summed E-state index contributed by atoms with van der Waals surface area (Å²) >= 11 is 0. The molecule has 0 bridgehead atoms. The summed E-state index contributed by atoms with van der Waals surface area (Å²) in [6.07, 6.45) is 3.22. The predicted octanol–water partition coefficient (Wildman–Crippen LogP) is 0.883. The smallest absolute Gasteiger partial charge is 0.319 e. The third-order valence-electron chi connectivity index (χ3n) is 1.94. The van der Waals surface area contributed by atoms with Gasteiger partial charge in [0.05, 0.1) is 24.4 Å². The van der Waals surface area contributed by atoms with Crippen LogP contribution in [0.2, 0.25) is 0 Å². The molecule has 0 fully saturated rings. The molecular formula is C11H18N4O3. The van der Waals surface area contributed by atoms with E-state index in [1.54, 1.807) is 31.8 Å². The third kappa shape index (κ3) is 5.33. The van der Waals surface area contributed by atoms with Crippen LogP contribution < -0.4 is 10.6 Å². The Morgan fingerprint density at radius 3 is 2.78 bits per heavy atom. The van der Waals surface area contributed by atoms with Gasteiger partial charge in [0, 0.05) is 19.8 Å². The summed E-state index contributed by atoms with van der Waals surface area (Å²) in [5.74, 6) is -0.327. The molecule has 0 saturated heterocycles. The largest absolute Gasteiger partial charge is 0.463 e. The number of anilines is 1. The first-order valence-corrected chi connectivity index (χ1v) is 5.70. The number of carbonyl (C=O) groups excluding carboxylic acids is 2. The van der Waals surface area contributed by atoms with Crippen molar-refractivity contribution in [1.29, 1.82) is 0 Å². The van der Waals surface area contributed by atoms with Crippen molar-refractivity contribution in [2.24, 2.45) is 7.05 Å². The Morgan fingerprint density at radius 1 is 1.50 bits per heavy atom. The molecule has 0 aromatic carbocycles. The average Bonchev–Trinajstić information content (AvgIpc) is 2.62. The molecule has 1 rings (SSSR count). The standard InChI is InChI=1S/C11H18N4O3/c1-8(2)18-10(16)4-5-12-11(17)14-9-6-13-15(3)7-9/h6-8H,4-5H2,1-3H3,(H2,12,14,17).